The number of carboxylic acid groups (broad SMARTS) is 1. The van der Waals surface area contributed by atoms with Crippen molar-refractivity contribution in [3.8, 4) is 0 Å². The maximum Gasteiger partial charge on any atom is 0.374 e. The number of ketones is 1. The summed E-state index contributed by atoms with van der Waals surface area (Å²) in [5, 5.41) is 19.6. The van der Waals surface area contributed by atoms with E-state index in [0.717, 1.165) is 18.2 Å². The Morgan fingerprint density at radius 2 is 2.00 bits per heavy atom. The normalized spacial score (nSPS) is 9.85. The van der Waals surface area contributed by atoms with Gasteiger partial charge in [-0.1, -0.05) is 6.07 Å². The van der Waals surface area contributed by atoms with Gasteiger partial charge in [-0.25, -0.2) is 9.59 Å². The summed E-state index contributed by atoms with van der Waals surface area (Å²) in [4.78, 5) is 43.4. The Kier molecular flexibility index (Phi) is 4.90. The molecule has 0 bridgehead atoms. The average molecular weight is 281 g/mol. The predicted octanol–water partition coefficient (Wildman–Crippen LogP) is 0.968. The number of nitro groups is 1. The van der Waals surface area contributed by atoms with Crippen molar-refractivity contribution in [2.75, 3.05) is 6.61 Å². The van der Waals surface area contributed by atoms with E-state index in [1.165, 1.54) is 6.92 Å². The second kappa shape index (κ2) is 6.41. The Morgan fingerprint density at radius 1 is 1.35 bits per heavy atom. The van der Waals surface area contributed by atoms with Crippen LogP contribution in [-0.2, 0) is 20.7 Å². The third-order valence-electron chi connectivity index (χ3n) is 2.38. The summed E-state index contributed by atoms with van der Waals surface area (Å²) in [5.41, 5.74) is -0.843. The van der Waals surface area contributed by atoms with Crippen LogP contribution in [0, 0.1) is 10.1 Å². The van der Waals surface area contributed by atoms with E-state index < -0.39 is 34.8 Å². The minimum Gasteiger partial charge on any atom is -0.478 e. The fraction of sp³-hybridized carbons (Fsp3) is 0.250. The number of carboxylic acids is 1. The monoisotopic (exact) mass is 281 g/mol. The van der Waals surface area contributed by atoms with E-state index in [0.29, 0.717) is 0 Å². The Balaban J connectivity index is 3.06. The summed E-state index contributed by atoms with van der Waals surface area (Å²) < 4.78 is 4.49. The van der Waals surface area contributed by atoms with E-state index >= 15 is 0 Å². The molecule has 0 aliphatic rings. The molecule has 8 heteroatoms. The first-order valence-corrected chi connectivity index (χ1v) is 5.57. The zero-order valence-electron chi connectivity index (χ0n) is 10.5. The lowest BCUT2D eigenvalue weighted by Crippen LogP contribution is -2.20. The number of aromatic carboxylic acids is 1. The summed E-state index contributed by atoms with van der Waals surface area (Å²) in [6, 6.07) is 3.11. The maximum atomic E-state index is 11.5. The maximum absolute atomic E-state index is 11.5. The molecule has 0 unspecified atom stereocenters. The van der Waals surface area contributed by atoms with Gasteiger partial charge in [0.15, 0.2) is 0 Å². The minimum absolute atomic E-state index is 0.0185. The topological polar surface area (TPSA) is 124 Å². The highest BCUT2D eigenvalue weighted by atomic mass is 16.6. The van der Waals surface area contributed by atoms with Gasteiger partial charge in [-0.2, -0.15) is 0 Å². The van der Waals surface area contributed by atoms with Gasteiger partial charge in [-0.15, -0.1) is 0 Å². The molecule has 0 amide bonds. The van der Waals surface area contributed by atoms with Crippen LogP contribution in [0.5, 0.6) is 0 Å². The molecule has 1 N–H and O–H groups in total. The number of nitrogens with zero attached hydrogens (tertiary/aromatic N) is 1. The molecule has 0 aromatic heterocycles. The van der Waals surface area contributed by atoms with Crippen LogP contribution in [0.25, 0.3) is 0 Å². The molecular formula is C12H11NO7. The number of rotatable bonds is 6. The number of carbonyl (C=O) groups excluding carboxylic acids is 2. The molecule has 0 heterocycles. The van der Waals surface area contributed by atoms with Gasteiger partial charge in [0.05, 0.1) is 17.1 Å². The summed E-state index contributed by atoms with van der Waals surface area (Å²) in [6.45, 7) is 1.54. The first-order chi connectivity index (χ1) is 9.36. The fourth-order valence-corrected chi connectivity index (χ4v) is 1.47. The van der Waals surface area contributed by atoms with Gasteiger partial charge >= 0.3 is 11.9 Å². The van der Waals surface area contributed by atoms with Crippen LogP contribution in [0.15, 0.2) is 18.2 Å². The Morgan fingerprint density at radius 3 is 2.50 bits per heavy atom. The number of hydrogen-bond donors (Lipinski definition) is 1. The smallest absolute Gasteiger partial charge is 0.374 e. The molecule has 0 fully saturated rings. The zero-order chi connectivity index (χ0) is 15.3. The molecule has 0 spiro atoms. The van der Waals surface area contributed by atoms with Crippen LogP contribution in [0.3, 0.4) is 0 Å². The Bertz CT molecular complexity index is 579. The van der Waals surface area contributed by atoms with Gasteiger partial charge < -0.3 is 9.84 Å². The summed E-state index contributed by atoms with van der Waals surface area (Å²) >= 11 is 0. The van der Waals surface area contributed by atoms with E-state index in [4.69, 9.17) is 5.11 Å². The molecule has 1 aromatic rings. The number of esters is 1. The van der Waals surface area contributed by atoms with Gasteiger partial charge in [-0.3, -0.25) is 14.9 Å². The van der Waals surface area contributed by atoms with E-state index in [2.05, 4.69) is 4.74 Å². The molecule has 0 atom stereocenters. The molecule has 0 saturated heterocycles. The average Bonchev–Trinajstić information content (AvgIpc) is 2.38. The lowest BCUT2D eigenvalue weighted by atomic mass is 10.0. The first kappa shape index (κ1) is 15.3. The summed E-state index contributed by atoms with van der Waals surface area (Å²) in [7, 11) is 0. The number of benzene rings is 1. The van der Waals surface area contributed by atoms with E-state index in [1.807, 2.05) is 0 Å². The summed E-state index contributed by atoms with van der Waals surface area (Å²) in [6.07, 6.45) is -0.519. The quantitative estimate of drug-likeness (QED) is 0.356. The predicted molar refractivity (Wildman–Crippen MR) is 65.4 cm³/mol. The molecule has 1 aromatic carbocycles. The molecule has 0 aliphatic heterocycles. The van der Waals surface area contributed by atoms with Gasteiger partial charge in [-0.05, 0) is 13.0 Å². The third-order valence-corrected chi connectivity index (χ3v) is 2.38. The molecular weight excluding hydrogens is 270 g/mol. The van der Waals surface area contributed by atoms with Crippen LogP contribution in [0.1, 0.15) is 22.8 Å². The van der Waals surface area contributed by atoms with Crippen molar-refractivity contribution in [2.24, 2.45) is 0 Å². The molecule has 0 saturated carbocycles. The highest BCUT2D eigenvalue weighted by Crippen LogP contribution is 2.21. The third kappa shape index (κ3) is 3.61. The van der Waals surface area contributed by atoms with E-state index in [9.17, 15) is 24.5 Å². The van der Waals surface area contributed by atoms with E-state index in [1.54, 1.807) is 0 Å². The van der Waals surface area contributed by atoms with E-state index in [-0.39, 0.29) is 17.7 Å². The number of nitro benzene ring substituents is 1. The molecule has 8 nitrogen and oxygen atoms in total. The number of carbonyl (C=O) groups is 3. The molecule has 0 radical (unpaired) electrons. The Hall–Kier alpha value is -2.77. The second-order valence-corrected chi connectivity index (χ2v) is 3.73. The molecule has 1 rings (SSSR count). The van der Waals surface area contributed by atoms with Gasteiger partial charge in [0.25, 0.3) is 5.69 Å². The highest BCUT2D eigenvalue weighted by molar-refractivity contribution is 6.34. The Labute approximate surface area is 113 Å². The van der Waals surface area contributed by atoms with Crippen LogP contribution in [0.2, 0.25) is 0 Å². The minimum atomic E-state index is -1.32. The zero-order valence-corrected chi connectivity index (χ0v) is 10.5. The van der Waals surface area contributed by atoms with Gasteiger partial charge in [0, 0.05) is 18.1 Å². The first-order valence-electron chi connectivity index (χ1n) is 5.57. The lowest BCUT2D eigenvalue weighted by molar-refractivity contribution is -0.385. The van der Waals surface area contributed by atoms with Crippen LogP contribution < -0.4 is 0 Å². The SMILES string of the molecule is CCOC(=O)C(=O)Cc1ccc(C(=O)O)cc1[N+](=O)[O-]. The van der Waals surface area contributed by atoms with Crippen LogP contribution in [-0.4, -0.2) is 34.4 Å². The van der Waals surface area contributed by atoms with Crippen molar-refractivity contribution in [3.63, 3.8) is 0 Å². The van der Waals surface area contributed by atoms with Crippen molar-refractivity contribution >= 4 is 23.4 Å². The van der Waals surface area contributed by atoms with Crippen molar-refractivity contribution in [1.82, 2.24) is 0 Å². The fourth-order valence-electron chi connectivity index (χ4n) is 1.47. The van der Waals surface area contributed by atoms with Crippen molar-refractivity contribution in [1.29, 1.82) is 0 Å². The largest absolute Gasteiger partial charge is 0.478 e. The number of Topliss-reactive ketones (excluding diaryl/α,β-unsaturated/α-hetero) is 1. The van der Waals surface area contributed by atoms with Crippen LogP contribution in [0.4, 0.5) is 5.69 Å². The van der Waals surface area contributed by atoms with Crippen molar-refractivity contribution in [2.45, 2.75) is 13.3 Å². The van der Waals surface area contributed by atoms with Crippen molar-refractivity contribution < 1.29 is 29.2 Å². The lowest BCUT2D eigenvalue weighted by Gasteiger charge is -2.04. The molecule has 0 aliphatic carbocycles. The number of hydrogen-bond acceptors (Lipinski definition) is 6. The molecule has 106 valence electrons. The van der Waals surface area contributed by atoms with Gasteiger partial charge in [0.1, 0.15) is 0 Å². The second-order valence-electron chi connectivity index (χ2n) is 3.73. The highest BCUT2D eigenvalue weighted by Gasteiger charge is 2.23. The number of ether oxygens (including phenoxy) is 1. The van der Waals surface area contributed by atoms with Crippen molar-refractivity contribution in [3.05, 3.63) is 39.4 Å². The molecule has 20 heavy (non-hydrogen) atoms. The summed E-state index contributed by atoms with van der Waals surface area (Å²) in [5.74, 6) is -3.33. The standard InChI is InChI=1S/C12H11NO7/c1-2-20-12(17)10(14)6-7-3-4-8(11(15)16)5-9(7)13(18)19/h3-5H,2,6H2,1H3,(H,15,16). The van der Waals surface area contributed by atoms with Gasteiger partial charge in [0.2, 0.25) is 5.78 Å². The van der Waals surface area contributed by atoms with Crippen LogP contribution >= 0.6 is 0 Å².